The van der Waals surface area contributed by atoms with Crippen LogP contribution in [0.5, 0.6) is 0 Å². The maximum Gasteiger partial charge on any atom is 0.249 e. The maximum atomic E-state index is 13.2. The number of amides is 2. The SMILES string of the molecule is O=C(NC1CCN(c2ccc(F)c(Cl)c2)C1=O)C1CCCCC1. The molecule has 0 bridgehead atoms. The van der Waals surface area contributed by atoms with Crippen LogP contribution >= 0.6 is 11.6 Å². The van der Waals surface area contributed by atoms with E-state index >= 15 is 0 Å². The lowest BCUT2D eigenvalue weighted by molar-refractivity contribution is -0.129. The van der Waals surface area contributed by atoms with Gasteiger partial charge >= 0.3 is 0 Å². The van der Waals surface area contributed by atoms with E-state index in [1.54, 1.807) is 4.90 Å². The first-order valence-corrected chi connectivity index (χ1v) is 8.51. The van der Waals surface area contributed by atoms with Crippen LogP contribution in [0, 0.1) is 11.7 Å². The van der Waals surface area contributed by atoms with Gasteiger partial charge in [-0.1, -0.05) is 30.9 Å². The summed E-state index contributed by atoms with van der Waals surface area (Å²) in [4.78, 5) is 26.3. The summed E-state index contributed by atoms with van der Waals surface area (Å²) in [6.07, 6.45) is 5.72. The van der Waals surface area contributed by atoms with Gasteiger partial charge in [0.2, 0.25) is 11.8 Å². The van der Waals surface area contributed by atoms with E-state index < -0.39 is 11.9 Å². The van der Waals surface area contributed by atoms with Crippen molar-refractivity contribution in [3.63, 3.8) is 0 Å². The molecule has 1 saturated carbocycles. The van der Waals surface area contributed by atoms with Crippen molar-refractivity contribution in [2.75, 3.05) is 11.4 Å². The second-order valence-electron chi connectivity index (χ2n) is 6.27. The molecule has 2 aliphatic rings. The lowest BCUT2D eigenvalue weighted by Gasteiger charge is -2.23. The number of hydrogen-bond acceptors (Lipinski definition) is 2. The highest BCUT2D eigenvalue weighted by molar-refractivity contribution is 6.31. The second-order valence-corrected chi connectivity index (χ2v) is 6.68. The number of rotatable bonds is 3. The van der Waals surface area contributed by atoms with Crippen LogP contribution < -0.4 is 10.2 Å². The van der Waals surface area contributed by atoms with Crippen LogP contribution in [-0.2, 0) is 9.59 Å². The number of halogens is 2. The lowest BCUT2D eigenvalue weighted by Crippen LogP contribution is -2.44. The Kier molecular flexibility index (Phi) is 4.85. The minimum Gasteiger partial charge on any atom is -0.344 e. The molecule has 1 N–H and O–H groups in total. The summed E-state index contributed by atoms with van der Waals surface area (Å²) in [6, 6.07) is 3.73. The molecule has 1 atom stereocenters. The Morgan fingerprint density at radius 3 is 2.65 bits per heavy atom. The Bertz CT molecular complexity index is 617. The number of carbonyl (C=O) groups is 2. The smallest absolute Gasteiger partial charge is 0.249 e. The van der Waals surface area contributed by atoms with Gasteiger partial charge in [-0.2, -0.15) is 0 Å². The van der Waals surface area contributed by atoms with Gasteiger partial charge in [0.15, 0.2) is 0 Å². The van der Waals surface area contributed by atoms with E-state index in [4.69, 9.17) is 11.6 Å². The molecule has 1 saturated heterocycles. The summed E-state index contributed by atoms with van der Waals surface area (Å²) in [6.45, 7) is 0.496. The first-order chi connectivity index (χ1) is 11.1. The Morgan fingerprint density at radius 1 is 1.22 bits per heavy atom. The fourth-order valence-corrected chi connectivity index (χ4v) is 3.55. The minimum atomic E-state index is -0.510. The van der Waals surface area contributed by atoms with Crippen molar-refractivity contribution >= 4 is 29.1 Å². The molecule has 1 heterocycles. The molecule has 1 aliphatic carbocycles. The second kappa shape index (κ2) is 6.87. The van der Waals surface area contributed by atoms with Gasteiger partial charge in [0, 0.05) is 18.2 Å². The van der Waals surface area contributed by atoms with Crippen molar-refractivity contribution < 1.29 is 14.0 Å². The van der Waals surface area contributed by atoms with Gasteiger partial charge in [-0.25, -0.2) is 4.39 Å². The highest BCUT2D eigenvalue weighted by Crippen LogP contribution is 2.27. The van der Waals surface area contributed by atoms with Gasteiger partial charge in [0.1, 0.15) is 11.9 Å². The fraction of sp³-hybridized carbons (Fsp3) is 0.529. The number of benzene rings is 1. The quantitative estimate of drug-likeness (QED) is 0.919. The van der Waals surface area contributed by atoms with Crippen LogP contribution in [0.3, 0.4) is 0 Å². The zero-order chi connectivity index (χ0) is 16.4. The average molecular weight is 339 g/mol. The van der Waals surface area contributed by atoms with Crippen LogP contribution in [0.1, 0.15) is 38.5 Å². The van der Waals surface area contributed by atoms with Crippen molar-refractivity contribution in [2.45, 2.75) is 44.6 Å². The van der Waals surface area contributed by atoms with E-state index in [1.807, 2.05) is 0 Å². The number of nitrogens with zero attached hydrogens (tertiary/aromatic N) is 1. The normalized spacial score (nSPS) is 22.4. The van der Waals surface area contributed by atoms with Crippen LogP contribution in [0.4, 0.5) is 10.1 Å². The predicted octanol–water partition coefficient (Wildman–Crippen LogP) is 3.28. The molecule has 0 aromatic heterocycles. The van der Waals surface area contributed by atoms with E-state index in [-0.39, 0.29) is 22.8 Å². The molecule has 2 amide bonds. The third-order valence-electron chi connectivity index (χ3n) is 4.71. The molecule has 1 unspecified atom stereocenters. The molecule has 3 rings (SSSR count). The summed E-state index contributed by atoms with van der Waals surface area (Å²) < 4.78 is 13.2. The summed E-state index contributed by atoms with van der Waals surface area (Å²) in [5, 5.41) is 2.88. The highest BCUT2D eigenvalue weighted by Gasteiger charge is 2.35. The van der Waals surface area contributed by atoms with Gasteiger partial charge in [-0.05, 0) is 37.5 Å². The molecule has 0 radical (unpaired) electrons. The monoisotopic (exact) mass is 338 g/mol. The van der Waals surface area contributed by atoms with E-state index in [0.29, 0.717) is 18.7 Å². The topological polar surface area (TPSA) is 49.4 Å². The van der Waals surface area contributed by atoms with Crippen LogP contribution in [-0.4, -0.2) is 24.4 Å². The maximum absolute atomic E-state index is 13.2. The van der Waals surface area contributed by atoms with Gasteiger partial charge in [-0.15, -0.1) is 0 Å². The average Bonchev–Trinajstić information content (AvgIpc) is 2.92. The summed E-state index contributed by atoms with van der Waals surface area (Å²) in [5.41, 5.74) is 0.566. The third-order valence-corrected chi connectivity index (χ3v) is 5.00. The Balaban J connectivity index is 1.64. The fourth-order valence-electron chi connectivity index (χ4n) is 3.38. The number of hydrogen-bond donors (Lipinski definition) is 1. The molecule has 2 fully saturated rings. The van der Waals surface area contributed by atoms with E-state index in [1.165, 1.54) is 24.6 Å². The molecule has 4 nitrogen and oxygen atoms in total. The molecule has 1 aromatic carbocycles. The van der Waals surface area contributed by atoms with Crippen molar-refractivity contribution in [2.24, 2.45) is 5.92 Å². The van der Waals surface area contributed by atoms with Gasteiger partial charge in [0.05, 0.1) is 5.02 Å². The molecule has 1 aromatic rings. The minimum absolute atomic E-state index is 0.00927. The first-order valence-electron chi connectivity index (χ1n) is 8.13. The first kappa shape index (κ1) is 16.2. The molecule has 1 aliphatic heterocycles. The van der Waals surface area contributed by atoms with Gasteiger partial charge in [0.25, 0.3) is 0 Å². The number of nitrogens with one attached hydrogen (secondary N) is 1. The standard InChI is InChI=1S/C17H20ClFN2O2/c18-13-10-12(6-7-14(13)19)21-9-8-15(17(21)23)20-16(22)11-4-2-1-3-5-11/h6-7,10-11,15H,1-5,8-9H2,(H,20,22). The zero-order valence-corrected chi connectivity index (χ0v) is 13.6. The van der Waals surface area contributed by atoms with Gasteiger partial charge in [-0.3, -0.25) is 9.59 Å². The van der Waals surface area contributed by atoms with Crippen molar-refractivity contribution in [1.82, 2.24) is 5.32 Å². The summed E-state index contributed by atoms with van der Waals surface area (Å²) in [7, 11) is 0. The molecule has 23 heavy (non-hydrogen) atoms. The van der Waals surface area contributed by atoms with Crippen molar-refractivity contribution in [1.29, 1.82) is 0 Å². The van der Waals surface area contributed by atoms with E-state index in [9.17, 15) is 14.0 Å². The molecule has 0 spiro atoms. The zero-order valence-electron chi connectivity index (χ0n) is 12.9. The molecular weight excluding hydrogens is 319 g/mol. The van der Waals surface area contributed by atoms with Crippen molar-refractivity contribution in [3.8, 4) is 0 Å². The molecule has 124 valence electrons. The Labute approximate surface area is 140 Å². The summed E-state index contributed by atoms with van der Waals surface area (Å²) in [5.74, 6) is -0.644. The van der Waals surface area contributed by atoms with Crippen molar-refractivity contribution in [3.05, 3.63) is 29.0 Å². The largest absolute Gasteiger partial charge is 0.344 e. The molecule has 6 heteroatoms. The van der Waals surface area contributed by atoms with Crippen LogP contribution in [0.25, 0.3) is 0 Å². The van der Waals surface area contributed by atoms with E-state index in [0.717, 1.165) is 25.7 Å². The number of carbonyl (C=O) groups excluding carboxylic acids is 2. The Hall–Kier alpha value is -1.62. The van der Waals surface area contributed by atoms with Crippen LogP contribution in [0.15, 0.2) is 18.2 Å². The third kappa shape index (κ3) is 3.50. The van der Waals surface area contributed by atoms with Crippen LogP contribution in [0.2, 0.25) is 5.02 Å². The highest BCUT2D eigenvalue weighted by atomic mass is 35.5. The van der Waals surface area contributed by atoms with E-state index in [2.05, 4.69) is 5.32 Å². The Morgan fingerprint density at radius 2 is 1.96 bits per heavy atom. The summed E-state index contributed by atoms with van der Waals surface area (Å²) >= 11 is 5.78. The lowest BCUT2D eigenvalue weighted by atomic mass is 9.88. The molecular formula is C17H20ClFN2O2. The van der Waals surface area contributed by atoms with Gasteiger partial charge < -0.3 is 10.2 Å². The predicted molar refractivity (Wildman–Crippen MR) is 86.9 cm³/mol. The number of anilines is 1.